The first-order chi connectivity index (χ1) is 11.9. The summed E-state index contributed by atoms with van der Waals surface area (Å²) < 4.78 is 0. The first-order valence-electron chi connectivity index (χ1n) is 8.85. The second kappa shape index (κ2) is 7.79. The molecule has 1 aliphatic rings. The van der Waals surface area contributed by atoms with Crippen molar-refractivity contribution in [3.63, 3.8) is 0 Å². The Kier molecular flexibility index (Phi) is 5.28. The molecule has 1 aliphatic carbocycles. The third-order valence-corrected chi connectivity index (χ3v) is 4.40. The lowest BCUT2D eigenvalue weighted by atomic mass is 10.1. The van der Waals surface area contributed by atoms with Gasteiger partial charge in [-0.1, -0.05) is 98.8 Å². The fourth-order valence-electron chi connectivity index (χ4n) is 3.32. The molecule has 4 aromatic rings. The van der Waals surface area contributed by atoms with E-state index in [9.17, 15) is 0 Å². The van der Waals surface area contributed by atoms with Crippen molar-refractivity contribution in [2.24, 2.45) is 0 Å². The van der Waals surface area contributed by atoms with E-state index in [1.807, 2.05) is 13.8 Å². The molecule has 5 rings (SSSR count). The summed E-state index contributed by atoms with van der Waals surface area (Å²) >= 11 is 0. The molecule has 0 bridgehead atoms. The quantitative estimate of drug-likeness (QED) is 0.335. The molecule has 0 saturated carbocycles. The molecule has 0 aromatic heterocycles. The van der Waals surface area contributed by atoms with E-state index in [2.05, 4.69) is 84.9 Å². The highest BCUT2D eigenvalue weighted by atomic mass is 14.2. The lowest BCUT2D eigenvalue weighted by Gasteiger charge is -1.99. The molecule has 24 heavy (non-hydrogen) atoms. The number of benzene rings is 4. The van der Waals surface area contributed by atoms with Gasteiger partial charge in [-0.15, -0.1) is 0 Å². The van der Waals surface area contributed by atoms with Crippen molar-refractivity contribution in [2.45, 2.75) is 26.7 Å². The Labute approximate surface area is 144 Å². The fourth-order valence-corrected chi connectivity index (χ4v) is 3.32. The summed E-state index contributed by atoms with van der Waals surface area (Å²) in [5.74, 6) is 0. The standard InChI is InChI=1S/C12H10.C10H8.C2H6/c1-3-9-4-2-6-11-8-7-10(5-1)12(9)11;1-2-6-10-8-4-3-7-9(10)5-1;1-2/h1-6H,7-8H2;1-8H;1-2H3. The topological polar surface area (TPSA) is 0 Å². The van der Waals surface area contributed by atoms with Gasteiger partial charge in [0.05, 0.1) is 0 Å². The molecule has 0 nitrogen and oxygen atoms in total. The van der Waals surface area contributed by atoms with Crippen LogP contribution in [-0.4, -0.2) is 0 Å². The number of hydrogen-bond acceptors (Lipinski definition) is 0. The van der Waals surface area contributed by atoms with Gasteiger partial charge in [0.15, 0.2) is 0 Å². The van der Waals surface area contributed by atoms with E-state index in [1.54, 1.807) is 0 Å². The molecule has 0 saturated heterocycles. The van der Waals surface area contributed by atoms with Crippen LogP contribution in [0.25, 0.3) is 21.5 Å². The highest BCUT2D eigenvalue weighted by Gasteiger charge is 2.11. The van der Waals surface area contributed by atoms with Crippen LogP contribution >= 0.6 is 0 Å². The molecule has 0 N–H and O–H groups in total. The summed E-state index contributed by atoms with van der Waals surface area (Å²) in [5.41, 5.74) is 3.06. The van der Waals surface area contributed by atoms with Crippen molar-refractivity contribution in [3.05, 3.63) is 96.1 Å². The summed E-state index contributed by atoms with van der Waals surface area (Å²) in [5, 5.41) is 5.54. The Morgan fingerprint density at radius 3 is 1.25 bits per heavy atom. The monoisotopic (exact) mass is 312 g/mol. The summed E-state index contributed by atoms with van der Waals surface area (Å²) in [6.07, 6.45) is 2.47. The zero-order valence-electron chi connectivity index (χ0n) is 14.5. The Balaban J connectivity index is 0.000000130. The van der Waals surface area contributed by atoms with Gasteiger partial charge in [-0.05, 0) is 45.5 Å². The second-order valence-corrected chi connectivity index (χ2v) is 5.78. The maximum Gasteiger partial charge on any atom is -0.0120 e. The Morgan fingerprint density at radius 2 is 0.833 bits per heavy atom. The van der Waals surface area contributed by atoms with E-state index in [-0.39, 0.29) is 0 Å². The average molecular weight is 312 g/mol. The largest absolute Gasteiger partial charge is 0.0683 e. The predicted molar refractivity (Wildman–Crippen MR) is 107 cm³/mol. The fraction of sp³-hybridized carbons (Fsp3) is 0.167. The third kappa shape index (κ3) is 3.33. The van der Waals surface area contributed by atoms with Gasteiger partial charge in [0.1, 0.15) is 0 Å². The van der Waals surface area contributed by atoms with Crippen LogP contribution in [0.5, 0.6) is 0 Å². The van der Waals surface area contributed by atoms with Gasteiger partial charge in [-0.25, -0.2) is 0 Å². The molecule has 0 amide bonds. The molecule has 0 fully saturated rings. The summed E-state index contributed by atoms with van der Waals surface area (Å²) in [7, 11) is 0. The van der Waals surface area contributed by atoms with Crippen molar-refractivity contribution >= 4 is 21.5 Å². The third-order valence-electron chi connectivity index (χ3n) is 4.40. The summed E-state index contributed by atoms with van der Waals surface area (Å²) in [4.78, 5) is 0. The zero-order valence-corrected chi connectivity index (χ0v) is 14.5. The van der Waals surface area contributed by atoms with Crippen LogP contribution in [0.2, 0.25) is 0 Å². The van der Waals surface area contributed by atoms with E-state index in [0.717, 1.165) is 0 Å². The van der Waals surface area contributed by atoms with E-state index in [1.165, 1.54) is 45.5 Å². The highest BCUT2D eigenvalue weighted by molar-refractivity contribution is 5.90. The van der Waals surface area contributed by atoms with Crippen LogP contribution in [0.15, 0.2) is 84.9 Å². The second-order valence-electron chi connectivity index (χ2n) is 5.78. The van der Waals surface area contributed by atoms with Crippen LogP contribution < -0.4 is 0 Å². The van der Waals surface area contributed by atoms with Crippen molar-refractivity contribution in [1.29, 1.82) is 0 Å². The predicted octanol–water partition coefficient (Wildman–Crippen LogP) is 6.80. The van der Waals surface area contributed by atoms with Gasteiger partial charge >= 0.3 is 0 Å². The first kappa shape index (κ1) is 16.3. The molecule has 120 valence electrons. The Hall–Kier alpha value is -2.60. The number of rotatable bonds is 0. The Bertz CT molecular complexity index is 830. The zero-order chi connectivity index (χ0) is 16.8. The lowest BCUT2D eigenvalue weighted by molar-refractivity contribution is 1.02. The molecule has 4 aromatic carbocycles. The van der Waals surface area contributed by atoms with Crippen molar-refractivity contribution in [2.75, 3.05) is 0 Å². The first-order valence-corrected chi connectivity index (χ1v) is 8.85. The minimum atomic E-state index is 1.23. The SMILES string of the molecule is CC.c1cc2c3c(cccc3c1)CC2.c1ccc2ccccc2c1. The lowest BCUT2D eigenvalue weighted by Crippen LogP contribution is -1.76. The van der Waals surface area contributed by atoms with Crippen molar-refractivity contribution in [1.82, 2.24) is 0 Å². The smallest absolute Gasteiger partial charge is 0.0120 e. The van der Waals surface area contributed by atoms with Gasteiger partial charge in [0, 0.05) is 0 Å². The maximum atomic E-state index is 2.25. The average Bonchev–Trinajstić information content (AvgIpc) is 3.10. The number of hydrogen-bond donors (Lipinski definition) is 0. The van der Waals surface area contributed by atoms with E-state index in [4.69, 9.17) is 0 Å². The summed E-state index contributed by atoms with van der Waals surface area (Å²) in [6.45, 7) is 4.00. The maximum absolute atomic E-state index is 2.25. The van der Waals surface area contributed by atoms with Crippen LogP contribution in [0.3, 0.4) is 0 Å². The van der Waals surface area contributed by atoms with Crippen LogP contribution in [0.1, 0.15) is 25.0 Å². The van der Waals surface area contributed by atoms with Gasteiger partial charge in [0.2, 0.25) is 0 Å². The van der Waals surface area contributed by atoms with Crippen molar-refractivity contribution < 1.29 is 0 Å². The molecule has 0 heteroatoms. The molecule has 0 heterocycles. The Morgan fingerprint density at radius 1 is 0.458 bits per heavy atom. The van der Waals surface area contributed by atoms with Crippen LogP contribution in [-0.2, 0) is 12.8 Å². The minimum absolute atomic E-state index is 1.23. The number of aryl methyl sites for hydroxylation is 2. The van der Waals surface area contributed by atoms with Gasteiger partial charge in [-0.2, -0.15) is 0 Å². The number of fused-ring (bicyclic) bond motifs is 1. The van der Waals surface area contributed by atoms with E-state index >= 15 is 0 Å². The summed E-state index contributed by atoms with van der Waals surface area (Å²) in [6, 6.07) is 29.9. The normalized spacial score (nSPS) is 11.4. The molecule has 0 atom stereocenters. The van der Waals surface area contributed by atoms with E-state index < -0.39 is 0 Å². The molecule has 0 aliphatic heterocycles. The van der Waals surface area contributed by atoms with Crippen LogP contribution in [0.4, 0.5) is 0 Å². The highest BCUT2D eigenvalue weighted by Crippen LogP contribution is 2.29. The van der Waals surface area contributed by atoms with Crippen LogP contribution in [0, 0.1) is 0 Å². The van der Waals surface area contributed by atoms with Crippen molar-refractivity contribution in [3.8, 4) is 0 Å². The van der Waals surface area contributed by atoms with E-state index in [0.29, 0.717) is 0 Å². The molecule has 0 spiro atoms. The van der Waals surface area contributed by atoms with Gasteiger partial charge in [-0.3, -0.25) is 0 Å². The molecular formula is C24H24. The minimum Gasteiger partial charge on any atom is -0.0683 e. The van der Waals surface area contributed by atoms with Gasteiger partial charge in [0.25, 0.3) is 0 Å². The molecule has 0 radical (unpaired) electrons. The molecular weight excluding hydrogens is 288 g/mol. The van der Waals surface area contributed by atoms with Gasteiger partial charge < -0.3 is 0 Å². The molecule has 0 unspecified atom stereocenters.